The molecule has 1 saturated heterocycles. The largest absolute Gasteiger partial charge is 0.306 e. The number of carbonyl (C=O) groups is 1. The van der Waals surface area contributed by atoms with Gasteiger partial charge >= 0.3 is 0 Å². The molecule has 0 aromatic carbocycles. The maximum atomic E-state index is 11.4. The van der Waals surface area contributed by atoms with Crippen LogP contribution in [-0.2, 0) is 4.79 Å². The Morgan fingerprint density at radius 1 is 1.38 bits per heavy atom. The van der Waals surface area contributed by atoms with Crippen LogP contribution in [0, 0.1) is 11.8 Å². The quantitative estimate of drug-likeness (QED) is 0.716. The summed E-state index contributed by atoms with van der Waals surface area (Å²) in [5, 5.41) is 0. The molecule has 0 aromatic heterocycles. The highest BCUT2D eigenvalue weighted by atomic mass is 16.1. The fourth-order valence-electron chi connectivity index (χ4n) is 2.73. The fraction of sp³-hybridized carbons (Fsp3) is 0.929. The van der Waals surface area contributed by atoms with Crippen LogP contribution >= 0.6 is 0 Å². The Hall–Kier alpha value is -0.370. The van der Waals surface area contributed by atoms with Crippen molar-refractivity contribution in [3.8, 4) is 0 Å². The minimum atomic E-state index is 0.320. The second-order valence-electron chi connectivity index (χ2n) is 5.39. The third-order valence-corrected chi connectivity index (χ3v) is 4.06. The van der Waals surface area contributed by atoms with E-state index in [0.29, 0.717) is 11.7 Å². The van der Waals surface area contributed by atoms with E-state index in [1.807, 2.05) is 0 Å². The zero-order valence-corrected chi connectivity index (χ0v) is 11.2. The fourth-order valence-corrected chi connectivity index (χ4v) is 2.73. The van der Waals surface area contributed by atoms with Crippen molar-refractivity contribution in [3.05, 3.63) is 0 Å². The molecule has 1 rings (SSSR count). The summed E-state index contributed by atoms with van der Waals surface area (Å²) < 4.78 is 0. The Bertz CT molecular complexity index is 215. The van der Waals surface area contributed by atoms with Gasteiger partial charge in [0, 0.05) is 5.92 Å². The average molecular weight is 225 g/mol. The lowest BCUT2D eigenvalue weighted by molar-refractivity contribution is -0.121. The van der Waals surface area contributed by atoms with E-state index in [1.54, 1.807) is 6.92 Å². The lowest BCUT2D eigenvalue weighted by Crippen LogP contribution is -2.19. The van der Waals surface area contributed by atoms with Gasteiger partial charge in [-0.3, -0.25) is 4.79 Å². The molecule has 0 aromatic rings. The molecule has 0 N–H and O–H groups in total. The van der Waals surface area contributed by atoms with E-state index in [1.165, 1.54) is 38.8 Å². The van der Waals surface area contributed by atoms with Gasteiger partial charge in [-0.25, -0.2) is 0 Å². The summed E-state index contributed by atoms with van der Waals surface area (Å²) in [7, 11) is 2.22. The minimum Gasteiger partial charge on any atom is -0.306 e. The Morgan fingerprint density at radius 3 is 2.75 bits per heavy atom. The monoisotopic (exact) mass is 225 g/mol. The van der Waals surface area contributed by atoms with Gasteiger partial charge in [0.15, 0.2) is 0 Å². The molecular formula is C14H27NO. The number of likely N-dealkylation sites (tertiary alicyclic amines) is 1. The van der Waals surface area contributed by atoms with Crippen LogP contribution in [0.5, 0.6) is 0 Å². The number of nitrogens with zero attached hydrogens (tertiary/aromatic N) is 1. The number of ketones is 1. The van der Waals surface area contributed by atoms with E-state index in [0.717, 1.165) is 18.8 Å². The van der Waals surface area contributed by atoms with Gasteiger partial charge < -0.3 is 4.90 Å². The van der Waals surface area contributed by atoms with Gasteiger partial charge in [-0.1, -0.05) is 6.92 Å². The van der Waals surface area contributed by atoms with Crippen molar-refractivity contribution in [1.29, 1.82) is 0 Å². The summed E-state index contributed by atoms with van der Waals surface area (Å²) in [6, 6.07) is 0. The molecule has 2 unspecified atom stereocenters. The lowest BCUT2D eigenvalue weighted by atomic mass is 9.88. The average Bonchev–Trinajstić information content (AvgIpc) is 2.44. The zero-order chi connectivity index (χ0) is 12.0. The summed E-state index contributed by atoms with van der Waals surface area (Å²) in [4.78, 5) is 13.8. The van der Waals surface area contributed by atoms with E-state index in [9.17, 15) is 4.79 Å². The standard InChI is InChI=1S/C14H27NO/c1-4-14(12(2)16)8-7-13-6-5-10-15(3)11-9-13/h13-14H,4-11H2,1-3H3. The third-order valence-electron chi connectivity index (χ3n) is 4.06. The molecule has 2 heteroatoms. The first-order valence-corrected chi connectivity index (χ1v) is 6.82. The predicted octanol–water partition coefficient (Wildman–Crippen LogP) is 3.11. The van der Waals surface area contributed by atoms with Crippen LogP contribution in [0.4, 0.5) is 0 Å². The molecule has 0 spiro atoms. The number of rotatable bonds is 5. The Kier molecular flexibility index (Phi) is 6.04. The van der Waals surface area contributed by atoms with Crippen molar-refractivity contribution < 1.29 is 4.79 Å². The van der Waals surface area contributed by atoms with Crippen LogP contribution in [0.15, 0.2) is 0 Å². The molecule has 0 aliphatic carbocycles. The van der Waals surface area contributed by atoms with Crippen LogP contribution in [0.1, 0.15) is 52.4 Å². The predicted molar refractivity (Wildman–Crippen MR) is 68.5 cm³/mol. The maximum Gasteiger partial charge on any atom is 0.132 e. The highest BCUT2D eigenvalue weighted by Crippen LogP contribution is 2.24. The maximum absolute atomic E-state index is 11.4. The number of Topliss-reactive ketones (excluding diaryl/α,β-unsaturated/α-hetero) is 1. The molecule has 2 atom stereocenters. The van der Waals surface area contributed by atoms with Gasteiger partial charge in [0.2, 0.25) is 0 Å². The second-order valence-corrected chi connectivity index (χ2v) is 5.39. The summed E-state index contributed by atoms with van der Waals surface area (Å²) >= 11 is 0. The Balaban J connectivity index is 2.28. The highest BCUT2D eigenvalue weighted by Gasteiger charge is 2.18. The number of hydrogen-bond donors (Lipinski definition) is 0. The summed E-state index contributed by atoms with van der Waals surface area (Å²) in [6.07, 6.45) is 7.40. The highest BCUT2D eigenvalue weighted by molar-refractivity contribution is 5.78. The SMILES string of the molecule is CCC(CCC1CCCN(C)CC1)C(C)=O. The molecule has 1 aliphatic heterocycles. The molecule has 0 radical (unpaired) electrons. The first kappa shape index (κ1) is 13.7. The second kappa shape index (κ2) is 7.05. The molecule has 0 amide bonds. The van der Waals surface area contributed by atoms with Crippen molar-refractivity contribution >= 4 is 5.78 Å². The molecule has 0 bridgehead atoms. The number of carbonyl (C=O) groups excluding carboxylic acids is 1. The zero-order valence-electron chi connectivity index (χ0n) is 11.2. The topological polar surface area (TPSA) is 20.3 Å². The number of hydrogen-bond acceptors (Lipinski definition) is 2. The van der Waals surface area contributed by atoms with Crippen molar-refractivity contribution in [2.75, 3.05) is 20.1 Å². The van der Waals surface area contributed by atoms with E-state index in [2.05, 4.69) is 18.9 Å². The van der Waals surface area contributed by atoms with Gasteiger partial charge in [0.05, 0.1) is 0 Å². The Morgan fingerprint density at radius 2 is 2.12 bits per heavy atom. The van der Waals surface area contributed by atoms with Gasteiger partial charge in [0.25, 0.3) is 0 Å². The van der Waals surface area contributed by atoms with E-state index < -0.39 is 0 Å². The smallest absolute Gasteiger partial charge is 0.132 e. The first-order valence-electron chi connectivity index (χ1n) is 6.82. The van der Waals surface area contributed by atoms with Crippen LogP contribution < -0.4 is 0 Å². The normalized spacial score (nSPS) is 25.1. The molecule has 1 fully saturated rings. The first-order chi connectivity index (χ1) is 7.63. The third kappa shape index (κ3) is 4.65. The van der Waals surface area contributed by atoms with Gasteiger partial charge in [-0.2, -0.15) is 0 Å². The molecule has 94 valence electrons. The molecule has 2 nitrogen and oxygen atoms in total. The van der Waals surface area contributed by atoms with Gasteiger partial charge in [-0.05, 0) is 71.5 Å². The molecule has 16 heavy (non-hydrogen) atoms. The minimum absolute atomic E-state index is 0.320. The van der Waals surface area contributed by atoms with Crippen molar-refractivity contribution in [2.24, 2.45) is 11.8 Å². The molecule has 1 aliphatic rings. The van der Waals surface area contributed by atoms with Crippen molar-refractivity contribution in [2.45, 2.75) is 52.4 Å². The van der Waals surface area contributed by atoms with Gasteiger partial charge in [0.1, 0.15) is 5.78 Å². The summed E-state index contributed by atoms with van der Waals surface area (Å²) in [6.45, 7) is 6.36. The van der Waals surface area contributed by atoms with Crippen molar-refractivity contribution in [1.82, 2.24) is 4.90 Å². The van der Waals surface area contributed by atoms with E-state index in [4.69, 9.17) is 0 Å². The molecular weight excluding hydrogens is 198 g/mol. The van der Waals surface area contributed by atoms with Crippen LogP contribution in [-0.4, -0.2) is 30.8 Å². The lowest BCUT2D eigenvalue weighted by Gasteiger charge is -2.17. The van der Waals surface area contributed by atoms with Crippen LogP contribution in [0.3, 0.4) is 0 Å². The molecule has 0 saturated carbocycles. The van der Waals surface area contributed by atoms with E-state index in [-0.39, 0.29) is 0 Å². The summed E-state index contributed by atoms with van der Waals surface area (Å²) in [5.74, 6) is 1.56. The van der Waals surface area contributed by atoms with Crippen LogP contribution in [0.2, 0.25) is 0 Å². The van der Waals surface area contributed by atoms with Gasteiger partial charge in [-0.15, -0.1) is 0 Å². The van der Waals surface area contributed by atoms with Crippen molar-refractivity contribution in [3.63, 3.8) is 0 Å². The van der Waals surface area contributed by atoms with Crippen LogP contribution in [0.25, 0.3) is 0 Å². The summed E-state index contributed by atoms with van der Waals surface area (Å²) in [5.41, 5.74) is 0. The van der Waals surface area contributed by atoms with E-state index >= 15 is 0 Å². The molecule has 1 heterocycles. The Labute approximate surface area is 100 Å².